The molecular formula is C56H39N3. The normalized spacial score (nSPS) is 11.1. The van der Waals surface area contributed by atoms with Crippen LogP contribution in [0.2, 0.25) is 0 Å². The lowest BCUT2D eigenvalue weighted by Crippen LogP contribution is -2.09. The lowest BCUT2D eigenvalue weighted by atomic mass is 10.0. The first-order valence-electron chi connectivity index (χ1n) is 20.0. The Hall–Kier alpha value is -7.88. The molecule has 1 heterocycles. The highest BCUT2D eigenvalue weighted by molar-refractivity contribution is 5.88. The molecule has 0 radical (unpaired) electrons. The molecule has 0 unspecified atom stereocenters. The highest BCUT2D eigenvalue weighted by Gasteiger charge is 2.15. The maximum atomic E-state index is 5.13. The standard InChI is InChI=1S/C56H39N3/c1-4-12-40(13-5-1)44-26-32-51(33-27-44)59(52-34-28-45(29-35-52)41-14-6-2-7-15-41)53-36-30-46(31-37-53)43-20-23-48(24-21-43)56-57-54(47-17-8-3-9-18-47)39-55(58-56)50-25-22-42-16-10-11-19-49(42)38-50/h1-39H. The number of aromatic nitrogens is 2. The Morgan fingerprint density at radius 3 is 1.05 bits per heavy atom. The summed E-state index contributed by atoms with van der Waals surface area (Å²) in [6.07, 6.45) is 0. The zero-order valence-electron chi connectivity index (χ0n) is 32.4. The summed E-state index contributed by atoms with van der Waals surface area (Å²) < 4.78 is 0. The van der Waals surface area contributed by atoms with E-state index in [1.165, 1.54) is 33.0 Å². The molecule has 0 aliphatic rings. The zero-order valence-corrected chi connectivity index (χ0v) is 32.4. The molecule has 0 saturated heterocycles. The third-order valence-electron chi connectivity index (χ3n) is 10.9. The minimum atomic E-state index is 0.698. The van der Waals surface area contributed by atoms with E-state index >= 15 is 0 Å². The van der Waals surface area contributed by atoms with Crippen LogP contribution >= 0.6 is 0 Å². The van der Waals surface area contributed by atoms with E-state index in [-0.39, 0.29) is 0 Å². The van der Waals surface area contributed by atoms with E-state index in [0.29, 0.717) is 5.82 Å². The first kappa shape index (κ1) is 35.5. The highest BCUT2D eigenvalue weighted by Crippen LogP contribution is 2.38. The van der Waals surface area contributed by atoms with Crippen molar-refractivity contribution in [1.29, 1.82) is 0 Å². The van der Waals surface area contributed by atoms with Crippen LogP contribution in [0.3, 0.4) is 0 Å². The SMILES string of the molecule is c1ccc(-c2ccc(N(c3ccc(-c4ccccc4)cc3)c3ccc(-c4ccc(-c5nc(-c6ccccc6)cc(-c6ccc7ccccc7c6)n5)cc4)cc3)cc2)cc1. The number of anilines is 3. The van der Waals surface area contributed by atoms with Gasteiger partial charge in [-0.25, -0.2) is 9.97 Å². The number of rotatable bonds is 9. The van der Waals surface area contributed by atoms with Crippen molar-refractivity contribution in [1.82, 2.24) is 9.97 Å². The second-order valence-electron chi connectivity index (χ2n) is 14.7. The second kappa shape index (κ2) is 15.9. The highest BCUT2D eigenvalue weighted by atomic mass is 15.1. The third-order valence-corrected chi connectivity index (χ3v) is 10.9. The molecule has 0 amide bonds. The van der Waals surface area contributed by atoms with Crippen molar-refractivity contribution < 1.29 is 0 Å². The molecule has 0 fully saturated rings. The fourth-order valence-corrected chi connectivity index (χ4v) is 7.76. The molecule has 0 aliphatic heterocycles. The van der Waals surface area contributed by atoms with Crippen LogP contribution in [0.4, 0.5) is 17.1 Å². The smallest absolute Gasteiger partial charge is 0.160 e. The summed E-state index contributed by atoms with van der Waals surface area (Å²) in [4.78, 5) is 12.5. The van der Waals surface area contributed by atoms with Gasteiger partial charge in [-0.2, -0.15) is 0 Å². The van der Waals surface area contributed by atoms with Gasteiger partial charge in [-0.15, -0.1) is 0 Å². The Balaban J connectivity index is 0.968. The van der Waals surface area contributed by atoms with Gasteiger partial charge >= 0.3 is 0 Å². The van der Waals surface area contributed by atoms with Crippen LogP contribution < -0.4 is 4.90 Å². The maximum Gasteiger partial charge on any atom is 0.160 e. The van der Waals surface area contributed by atoms with Crippen molar-refractivity contribution in [3.8, 4) is 67.3 Å². The molecular weight excluding hydrogens is 715 g/mol. The van der Waals surface area contributed by atoms with Crippen molar-refractivity contribution in [2.24, 2.45) is 0 Å². The molecule has 59 heavy (non-hydrogen) atoms. The van der Waals surface area contributed by atoms with Crippen LogP contribution in [0.1, 0.15) is 0 Å². The summed E-state index contributed by atoms with van der Waals surface area (Å²) in [6, 6.07) is 83.5. The van der Waals surface area contributed by atoms with E-state index in [9.17, 15) is 0 Å². The molecule has 0 aliphatic carbocycles. The van der Waals surface area contributed by atoms with Gasteiger partial charge in [0.15, 0.2) is 5.82 Å². The first-order valence-corrected chi connectivity index (χ1v) is 20.0. The molecule has 0 saturated carbocycles. The maximum absolute atomic E-state index is 5.13. The van der Waals surface area contributed by atoms with Crippen LogP contribution in [0.25, 0.3) is 78.1 Å². The molecule has 3 nitrogen and oxygen atoms in total. The fourth-order valence-electron chi connectivity index (χ4n) is 7.76. The molecule has 10 aromatic rings. The predicted molar refractivity (Wildman–Crippen MR) is 247 cm³/mol. The number of hydrogen-bond acceptors (Lipinski definition) is 3. The van der Waals surface area contributed by atoms with E-state index in [4.69, 9.17) is 9.97 Å². The Morgan fingerprint density at radius 2 is 0.576 bits per heavy atom. The fraction of sp³-hybridized carbons (Fsp3) is 0. The Bertz CT molecular complexity index is 2900. The van der Waals surface area contributed by atoms with Crippen molar-refractivity contribution in [3.63, 3.8) is 0 Å². The Labute approximate surface area is 345 Å². The lowest BCUT2D eigenvalue weighted by Gasteiger charge is -2.26. The van der Waals surface area contributed by atoms with Gasteiger partial charge in [0.05, 0.1) is 11.4 Å². The molecule has 0 bridgehead atoms. The first-order chi connectivity index (χ1) is 29.2. The van der Waals surface area contributed by atoms with Crippen molar-refractivity contribution in [2.45, 2.75) is 0 Å². The van der Waals surface area contributed by atoms with Gasteiger partial charge in [-0.05, 0) is 92.7 Å². The topological polar surface area (TPSA) is 29.0 Å². The number of fused-ring (bicyclic) bond motifs is 1. The summed E-state index contributed by atoms with van der Waals surface area (Å²) in [5.74, 6) is 0.698. The van der Waals surface area contributed by atoms with Crippen LogP contribution in [0.15, 0.2) is 237 Å². The number of benzene rings is 9. The molecule has 0 atom stereocenters. The second-order valence-corrected chi connectivity index (χ2v) is 14.7. The monoisotopic (exact) mass is 753 g/mol. The number of hydrogen-bond donors (Lipinski definition) is 0. The average Bonchev–Trinajstić information content (AvgIpc) is 3.33. The van der Waals surface area contributed by atoms with Crippen LogP contribution in [-0.2, 0) is 0 Å². The van der Waals surface area contributed by atoms with Crippen molar-refractivity contribution >= 4 is 27.8 Å². The molecule has 1 aromatic heterocycles. The average molecular weight is 754 g/mol. The van der Waals surface area contributed by atoms with Gasteiger partial charge in [0.1, 0.15) is 0 Å². The van der Waals surface area contributed by atoms with E-state index < -0.39 is 0 Å². The van der Waals surface area contributed by atoms with E-state index in [1.807, 2.05) is 6.07 Å². The van der Waals surface area contributed by atoms with Gasteiger partial charge in [0.2, 0.25) is 0 Å². The van der Waals surface area contributed by atoms with Gasteiger partial charge < -0.3 is 4.90 Å². The molecule has 9 aromatic carbocycles. The Morgan fingerprint density at radius 1 is 0.237 bits per heavy atom. The predicted octanol–water partition coefficient (Wildman–Crippen LogP) is 15.1. The Kier molecular flexibility index (Phi) is 9.59. The third kappa shape index (κ3) is 7.53. The molecule has 0 spiro atoms. The summed E-state index contributed by atoms with van der Waals surface area (Å²) >= 11 is 0. The summed E-state index contributed by atoms with van der Waals surface area (Å²) in [7, 11) is 0. The van der Waals surface area contributed by atoms with Gasteiger partial charge in [0.25, 0.3) is 0 Å². The molecule has 3 heteroatoms. The van der Waals surface area contributed by atoms with Crippen LogP contribution in [-0.4, -0.2) is 9.97 Å². The summed E-state index contributed by atoms with van der Waals surface area (Å²) in [5, 5.41) is 2.40. The van der Waals surface area contributed by atoms with E-state index in [1.54, 1.807) is 0 Å². The van der Waals surface area contributed by atoms with Gasteiger partial charge in [-0.1, -0.05) is 188 Å². The zero-order chi connectivity index (χ0) is 39.4. The van der Waals surface area contributed by atoms with Gasteiger partial charge in [0, 0.05) is 33.8 Å². The van der Waals surface area contributed by atoms with E-state index in [2.05, 4.69) is 235 Å². The van der Waals surface area contributed by atoms with E-state index in [0.717, 1.165) is 56.3 Å². The summed E-state index contributed by atoms with van der Waals surface area (Å²) in [6.45, 7) is 0. The largest absolute Gasteiger partial charge is 0.311 e. The molecule has 0 N–H and O–H groups in total. The quantitative estimate of drug-likeness (QED) is 0.147. The lowest BCUT2D eigenvalue weighted by molar-refractivity contribution is 1.18. The van der Waals surface area contributed by atoms with Crippen molar-refractivity contribution in [3.05, 3.63) is 237 Å². The number of nitrogens with zero attached hydrogens (tertiary/aromatic N) is 3. The molecule has 10 rings (SSSR count). The minimum absolute atomic E-state index is 0.698. The summed E-state index contributed by atoms with van der Waals surface area (Å²) in [5.41, 5.74) is 15.2. The van der Waals surface area contributed by atoms with Gasteiger partial charge in [-0.3, -0.25) is 0 Å². The van der Waals surface area contributed by atoms with Crippen LogP contribution in [0.5, 0.6) is 0 Å². The molecule has 278 valence electrons. The minimum Gasteiger partial charge on any atom is -0.311 e. The van der Waals surface area contributed by atoms with Crippen LogP contribution in [0, 0.1) is 0 Å². The van der Waals surface area contributed by atoms with Crippen molar-refractivity contribution in [2.75, 3.05) is 4.90 Å².